The Morgan fingerprint density at radius 2 is 1.73 bits per heavy atom. The van der Waals surface area contributed by atoms with Gasteiger partial charge in [0.05, 0.1) is 11.2 Å². The van der Waals surface area contributed by atoms with Crippen LogP contribution in [-0.2, 0) is 4.74 Å². The van der Waals surface area contributed by atoms with Gasteiger partial charge in [0.15, 0.2) is 0 Å². The molecule has 0 aromatic rings. The van der Waals surface area contributed by atoms with Crippen LogP contribution in [0.15, 0.2) is 12.7 Å². The second-order valence-corrected chi connectivity index (χ2v) is 9.29. The molecular weight excluding hydrogens is 272 g/mol. The van der Waals surface area contributed by atoms with Crippen molar-refractivity contribution >= 4 is 0 Å². The Hall–Kier alpha value is -0.340. The SMILES string of the molecule is C=C[C@@]1(C)CC[C@H]2[C@]3(C)CCC[C@](C)(CO)[C@H]3CC[C@]2(C)O1. The second kappa shape index (κ2) is 5.08. The van der Waals surface area contributed by atoms with Crippen LogP contribution in [0.1, 0.15) is 72.6 Å². The molecule has 3 rings (SSSR count). The molecule has 0 bridgehead atoms. The van der Waals surface area contributed by atoms with Gasteiger partial charge in [-0.3, -0.25) is 0 Å². The van der Waals surface area contributed by atoms with Crippen LogP contribution in [0.25, 0.3) is 0 Å². The van der Waals surface area contributed by atoms with E-state index >= 15 is 0 Å². The summed E-state index contributed by atoms with van der Waals surface area (Å²) in [4.78, 5) is 0. The summed E-state index contributed by atoms with van der Waals surface area (Å²) in [7, 11) is 0. The van der Waals surface area contributed by atoms with Crippen molar-refractivity contribution in [1.82, 2.24) is 0 Å². The van der Waals surface area contributed by atoms with Gasteiger partial charge in [-0.1, -0.05) is 26.3 Å². The maximum Gasteiger partial charge on any atom is 0.0839 e. The minimum Gasteiger partial charge on any atom is -0.396 e. The third kappa shape index (κ3) is 2.21. The molecule has 0 unspecified atom stereocenters. The first-order valence-corrected chi connectivity index (χ1v) is 9.16. The van der Waals surface area contributed by atoms with E-state index in [4.69, 9.17) is 4.74 Å². The number of rotatable bonds is 2. The first kappa shape index (κ1) is 16.5. The largest absolute Gasteiger partial charge is 0.396 e. The number of hydrogen-bond acceptors (Lipinski definition) is 2. The standard InChI is InChI=1S/C20H34O2/c1-6-18(3)12-8-16-19(4)11-7-10-17(2,14-21)15(19)9-13-20(16,5)22-18/h6,15-16,21H,1,7-14H2,2-5H3/t15-,16+,17-,18+,19-,20+/m1/s1. The molecule has 1 aliphatic heterocycles. The summed E-state index contributed by atoms with van der Waals surface area (Å²) in [5.74, 6) is 1.24. The third-order valence-corrected chi connectivity index (χ3v) is 7.75. The van der Waals surface area contributed by atoms with Gasteiger partial charge in [0.25, 0.3) is 0 Å². The average molecular weight is 306 g/mol. The van der Waals surface area contributed by atoms with Gasteiger partial charge in [-0.15, -0.1) is 6.58 Å². The molecule has 22 heavy (non-hydrogen) atoms. The highest BCUT2D eigenvalue weighted by Crippen LogP contribution is 2.65. The van der Waals surface area contributed by atoms with Gasteiger partial charge in [-0.2, -0.15) is 0 Å². The van der Waals surface area contributed by atoms with Crippen molar-refractivity contribution in [2.75, 3.05) is 6.61 Å². The zero-order valence-electron chi connectivity index (χ0n) is 15.0. The molecule has 2 aliphatic carbocycles. The Kier molecular flexibility index (Phi) is 3.81. The van der Waals surface area contributed by atoms with Gasteiger partial charge in [0.1, 0.15) is 0 Å². The number of ether oxygens (including phenoxy) is 1. The smallest absolute Gasteiger partial charge is 0.0839 e. The molecule has 2 saturated carbocycles. The molecule has 1 heterocycles. The van der Waals surface area contributed by atoms with Crippen LogP contribution < -0.4 is 0 Å². The van der Waals surface area contributed by atoms with E-state index < -0.39 is 0 Å². The van der Waals surface area contributed by atoms with E-state index in [2.05, 4.69) is 34.3 Å². The fourth-order valence-corrected chi connectivity index (χ4v) is 6.52. The van der Waals surface area contributed by atoms with Crippen LogP contribution in [0, 0.1) is 22.7 Å². The predicted octanol–water partition coefficient (Wildman–Crippen LogP) is 4.72. The van der Waals surface area contributed by atoms with Gasteiger partial charge in [0, 0.05) is 6.61 Å². The van der Waals surface area contributed by atoms with Crippen LogP contribution in [0.5, 0.6) is 0 Å². The highest BCUT2D eigenvalue weighted by molar-refractivity contribution is 5.13. The summed E-state index contributed by atoms with van der Waals surface area (Å²) in [5.41, 5.74) is 0.224. The predicted molar refractivity (Wildman–Crippen MR) is 90.7 cm³/mol. The van der Waals surface area contributed by atoms with Crippen LogP contribution >= 0.6 is 0 Å². The topological polar surface area (TPSA) is 29.5 Å². The average Bonchev–Trinajstić information content (AvgIpc) is 2.46. The molecule has 3 aliphatic rings. The molecule has 0 radical (unpaired) electrons. The first-order valence-electron chi connectivity index (χ1n) is 9.16. The molecular formula is C20H34O2. The molecule has 6 atom stereocenters. The van der Waals surface area contributed by atoms with E-state index in [9.17, 15) is 5.11 Å². The monoisotopic (exact) mass is 306 g/mol. The maximum absolute atomic E-state index is 10.0. The summed E-state index contributed by atoms with van der Waals surface area (Å²) in [6, 6.07) is 0. The lowest BCUT2D eigenvalue weighted by molar-refractivity contribution is -0.256. The fraction of sp³-hybridized carbons (Fsp3) is 0.900. The summed E-state index contributed by atoms with van der Waals surface area (Å²) < 4.78 is 6.65. The Morgan fingerprint density at radius 1 is 1.05 bits per heavy atom. The minimum atomic E-state index is -0.163. The van der Waals surface area contributed by atoms with E-state index in [1.807, 2.05) is 6.08 Å². The van der Waals surface area contributed by atoms with Crippen LogP contribution in [0.4, 0.5) is 0 Å². The Balaban J connectivity index is 1.94. The Morgan fingerprint density at radius 3 is 2.36 bits per heavy atom. The van der Waals surface area contributed by atoms with Crippen molar-refractivity contribution < 1.29 is 9.84 Å². The lowest BCUT2D eigenvalue weighted by atomic mass is 9.44. The molecule has 1 N–H and O–H groups in total. The van der Waals surface area contributed by atoms with Crippen molar-refractivity contribution in [3.05, 3.63) is 12.7 Å². The summed E-state index contributed by atoms with van der Waals surface area (Å²) in [6.45, 7) is 13.7. The first-order chi connectivity index (χ1) is 10.2. The summed E-state index contributed by atoms with van der Waals surface area (Å²) in [6.07, 6.45) is 10.3. The molecule has 2 heteroatoms. The van der Waals surface area contributed by atoms with Gasteiger partial charge >= 0.3 is 0 Å². The number of aliphatic hydroxyl groups is 1. The molecule has 1 saturated heterocycles. The van der Waals surface area contributed by atoms with Crippen LogP contribution in [0.3, 0.4) is 0 Å². The molecule has 126 valence electrons. The zero-order valence-corrected chi connectivity index (χ0v) is 15.0. The van der Waals surface area contributed by atoms with Crippen molar-refractivity contribution in [2.24, 2.45) is 22.7 Å². The second-order valence-electron chi connectivity index (χ2n) is 9.29. The number of aliphatic hydroxyl groups excluding tert-OH is 1. The van der Waals surface area contributed by atoms with Gasteiger partial charge in [-0.25, -0.2) is 0 Å². The molecule has 0 amide bonds. The molecule has 0 aromatic heterocycles. The highest BCUT2D eigenvalue weighted by atomic mass is 16.5. The Labute approximate surface area is 136 Å². The molecule has 0 aromatic carbocycles. The molecule has 0 spiro atoms. The van der Waals surface area contributed by atoms with E-state index in [1.165, 1.54) is 32.1 Å². The Bertz CT molecular complexity index is 461. The van der Waals surface area contributed by atoms with Crippen LogP contribution in [-0.4, -0.2) is 22.9 Å². The minimum absolute atomic E-state index is 0.0276. The number of fused-ring (bicyclic) bond motifs is 3. The van der Waals surface area contributed by atoms with Gasteiger partial charge in [0.2, 0.25) is 0 Å². The fourth-order valence-electron chi connectivity index (χ4n) is 6.52. The van der Waals surface area contributed by atoms with E-state index in [-0.39, 0.29) is 16.6 Å². The molecule has 3 fully saturated rings. The van der Waals surface area contributed by atoms with E-state index in [0.29, 0.717) is 23.9 Å². The van der Waals surface area contributed by atoms with E-state index in [0.717, 1.165) is 12.8 Å². The van der Waals surface area contributed by atoms with Crippen molar-refractivity contribution in [3.63, 3.8) is 0 Å². The lowest BCUT2D eigenvalue weighted by Crippen LogP contribution is -2.63. The van der Waals surface area contributed by atoms with Crippen molar-refractivity contribution in [1.29, 1.82) is 0 Å². The van der Waals surface area contributed by atoms with Gasteiger partial charge in [-0.05, 0) is 75.0 Å². The zero-order chi connectivity index (χ0) is 16.2. The van der Waals surface area contributed by atoms with Gasteiger partial charge < -0.3 is 9.84 Å². The maximum atomic E-state index is 10.0. The lowest BCUT2D eigenvalue weighted by Gasteiger charge is -2.65. The summed E-state index contributed by atoms with van der Waals surface area (Å²) >= 11 is 0. The third-order valence-electron chi connectivity index (χ3n) is 7.75. The van der Waals surface area contributed by atoms with Crippen LogP contribution in [0.2, 0.25) is 0 Å². The normalized spacial score (nSPS) is 55.1. The number of hydrogen-bond donors (Lipinski definition) is 1. The summed E-state index contributed by atoms with van der Waals surface area (Å²) in [5, 5.41) is 10.0. The van der Waals surface area contributed by atoms with Crippen molar-refractivity contribution in [2.45, 2.75) is 83.8 Å². The highest BCUT2D eigenvalue weighted by Gasteiger charge is 2.61. The van der Waals surface area contributed by atoms with Crippen molar-refractivity contribution in [3.8, 4) is 0 Å². The molecule has 2 nitrogen and oxygen atoms in total. The quantitative estimate of drug-likeness (QED) is 0.748. The van der Waals surface area contributed by atoms with E-state index in [1.54, 1.807) is 0 Å².